The number of aryl methyl sites for hydroxylation is 1. The number of hydrogen-bond donors (Lipinski definition) is 0. The molecule has 29 heavy (non-hydrogen) atoms. The van der Waals surface area contributed by atoms with Gasteiger partial charge in [0, 0.05) is 30.2 Å². The molecular weight excluding hydrogens is 371 g/mol. The lowest BCUT2D eigenvalue weighted by molar-refractivity contribution is -0.133. The van der Waals surface area contributed by atoms with Crippen molar-refractivity contribution >= 4 is 16.8 Å². The standard InChI is InChI=1S/C22H26FN4O2/c1-15-11-20(18-5-3-4-6-19(18)25-15)29-17-7-9-26(10-8-17)14-22(28)27-13-16(23)12-21(27)24-2/h2-6,11,16-17,21H,7-10,12-14H2,1H3/q+1/t16-,21-/m0/s1. The van der Waals surface area contributed by atoms with Crippen LogP contribution in [0.5, 0.6) is 5.75 Å². The smallest absolute Gasteiger partial charge is 0.352 e. The number of carbonyl (C=O) groups excluding carboxylic acids is 1. The Morgan fingerprint density at radius 1 is 1.34 bits per heavy atom. The van der Waals surface area contributed by atoms with Crippen molar-refractivity contribution in [1.29, 1.82) is 0 Å². The molecule has 2 saturated heterocycles. The number of likely N-dealkylation sites (tertiary alicyclic amines) is 2. The van der Waals surface area contributed by atoms with Crippen LogP contribution >= 0.6 is 0 Å². The molecule has 0 spiro atoms. The van der Waals surface area contributed by atoms with Crippen molar-refractivity contribution in [2.75, 3.05) is 26.2 Å². The Hall–Kier alpha value is -2.72. The summed E-state index contributed by atoms with van der Waals surface area (Å²) in [5, 5.41) is 1.02. The molecule has 0 radical (unpaired) electrons. The monoisotopic (exact) mass is 397 g/mol. The number of aromatic nitrogens is 1. The Morgan fingerprint density at radius 2 is 2.10 bits per heavy atom. The summed E-state index contributed by atoms with van der Waals surface area (Å²) >= 11 is 0. The summed E-state index contributed by atoms with van der Waals surface area (Å²) in [6.45, 7) is 9.16. The first-order valence-corrected chi connectivity index (χ1v) is 10.1. The molecule has 2 aliphatic heterocycles. The van der Waals surface area contributed by atoms with E-state index in [9.17, 15) is 9.18 Å². The number of benzene rings is 1. The molecule has 0 unspecified atom stereocenters. The maximum Gasteiger partial charge on any atom is 0.352 e. The van der Waals surface area contributed by atoms with E-state index in [2.05, 4.69) is 14.7 Å². The molecule has 1 aromatic carbocycles. The molecule has 0 saturated carbocycles. The number of pyridine rings is 1. The molecule has 0 bridgehead atoms. The minimum absolute atomic E-state index is 0.0816. The first-order valence-electron chi connectivity index (χ1n) is 10.1. The number of amides is 1. The summed E-state index contributed by atoms with van der Waals surface area (Å²) in [6.07, 6.45) is 0.368. The number of para-hydroxylation sites is 1. The van der Waals surface area contributed by atoms with Crippen molar-refractivity contribution in [3.8, 4) is 12.3 Å². The highest BCUT2D eigenvalue weighted by Gasteiger charge is 2.42. The van der Waals surface area contributed by atoms with Crippen LogP contribution in [0.4, 0.5) is 4.39 Å². The Labute approximate surface area is 170 Å². The van der Waals surface area contributed by atoms with Gasteiger partial charge in [0.1, 0.15) is 18.0 Å². The van der Waals surface area contributed by atoms with Crippen LogP contribution < -0.4 is 4.74 Å². The SMILES string of the molecule is C#[N+][C@@H]1C[C@H](F)CN1C(=O)CN1CCC(Oc2cc(C)nc3ccccc23)CC1. The number of halogens is 1. The van der Waals surface area contributed by atoms with Gasteiger partial charge >= 0.3 is 6.17 Å². The fourth-order valence-corrected chi connectivity index (χ4v) is 4.19. The predicted molar refractivity (Wildman–Crippen MR) is 110 cm³/mol. The number of rotatable bonds is 4. The third kappa shape index (κ3) is 4.33. The van der Waals surface area contributed by atoms with Crippen LogP contribution in [-0.2, 0) is 4.79 Å². The van der Waals surface area contributed by atoms with Crippen molar-refractivity contribution in [3.05, 3.63) is 40.9 Å². The van der Waals surface area contributed by atoms with Crippen molar-refractivity contribution < 1.29 is 13.9 Å². The van der Waals surface area contributed by atoms with E-state index >= 15 is 0 Å². The molecule has 0 aliphatic carbocycles. The Kier molecular flexibility index (Phi) is 5.63. The summed E-state index contributed by atoms with van der Waals surface area (Å²) in [7, 11) is 0. The molecule has 0 N–H and O–H groups in total. The average Bonchev–Trinajstić information content (AvgIpc) is 3.10. The summed E-state index contributed by atoms with van der Waals surface area (Å²) in [5.74, 6) is 0.751. The number of carbonyl (C=O) groups is 1. The molecule has 2 atom stereocenters. The van der Waals surface area contributed by atoms with Gasteiger partial charge in [-0.1, -0.05) is 17.0 Å². The van der Waals surface area contributed by atoms with E-state index in [0.717, 1.165) is 48.3 Å². The first-order chi connectivity index (χ1) is 14.0. The average molecular weight is 397 g/mol. The Balaban J connectivity index is 1.34. The number of hydrogen-bond acceptors (Lipinski definition) is 4. The van der Waals surface area contributed by atoms with Crippen LogP contribution in [0.1, 0.15) is 25.0 Å². The number of ether oxygens (including phenoxy) is 1. The minimum atomic E-state index is -1.05. The van der Waals surface area contributed by atoms with E-state index in [1.165, 1.54) is 4.90 Å². The summed E-state index contributed by atoms with van der Waals surface area (Å²) in [4.78, 5) is 24.3. The van der Waals surface area contributed by atoms with E-state index in [4.69, 9.17) is 11.3 Å². The van der Waals surface area contributed by atoms with Gasteiger partial charge in [0.15, 0.2) is 0 Å². The number of alkyl halides is 1. The van der Waals surface area contributed by atoms with Gasteiger partial charge in [-0.25, -0.2) is 4.39 Å². The van der Waals surface area contributed by atoms with E-state index in [1.807, 2.05) is 37.3 Å². The molecule has 152 valence electrons. The molecule has 2 aliphatic rings. The molecule has 6 nitrogen and oxygen atoms in total. The van der Waals surface area contributed by atoms with Gasteiger partial charge in [-0.05, 0) is 31.9 Å². The van der Waals surface area contributed by atoms with Crippen LogP contribution in [0.2, 0.25) is 0 Å². The third-order valence-electron chi connectivity index (χ3n) is 5.71. The lowest BCUT2D eigenvalue weighted by Crippen LogP contribution is -2.46. The molecule has 4 rings (SSSR count). The fourth-order valence-electron chi connectivity index (χ4n) is 4.19. The predicted octanol–water partition coefficient (Wildman–Crippen LogP) is 3.25. The number of fused-ring (bicyclic) bond motifs is 1. The summed E-state index contributed by atoms with van der Waals surface area (Å²) in [6, 6.07) is 9.96. The van der Waals surface area contributed by atoms with Gasteiger partial charge in [0.2, 0.25) is 5.91 Å². The van der Waals surface area contributed by atoms with E-state index < -0.39 is 12.3 Å². The second-order valence-corrected chi connectivity index (χ2v) is 7.88. The molecular formula is C22H26FN4O2+. The lowest BCUT2D eigenvalue weighted by atomic mass is 10.1. The minimum Gasteiger partial charge on any atom is -0.490 e. The lowest BCUT2D eigenvalue weighted by Gasteiger charge is -2.32. The normalized spacial score (nSPS) is 23.3. The van der Waals surface area contributed by atoms with Gasteiger partial charge in [-0.3, -0.25) is 19.6 Å². The summed E-state index contributed by atoms with van der Waals surface area (Å²) < 4.78 is 19.9. The van der Waals surface area contributed by atoms with E-state index in [1.54, 1.807) is 0 Å². The first kappa shape index (κ1) is 19.6. The topological polar surface area (TPSA) is 50.0 Å². The molecule has 1 amide bonds. The van der Waals surface area contributed by atoms with Gasteiger partial charge in [0.05, 0.1) is 25.0 Å². The second kappa shape index (κ2) is 8.34. The van der Waals surface area contributed by atoms with Crippen molar-refractivity contribution in [1.82, 2.24) is 14.8 Å². The van der Waals surface area contributed by atoms with Crippen LogP contribution in [-0.4, -0.2) is 65.3 Å². The molecule has 2 fully saturated rings. The van der Waals surface area contributed by atoms with E-state index in [-0.39, 0.29) is 31.5 Å². The van der Waals surface area contributed by atoms with Gasteiger partial charge < -0.3 is 4.74 Å². The molecule has 2 aromatic rings. The molecule has 3 heterocycles. The van der Waals surface area contributed by atoms with Crippen LogP contribution in [0.25, 0.3) is 15.7 Å². The maximum absolute atomic E-state index is 13.6. The zero-order valence-corrected chi connectivity index (χ0v) is 16.6. The summed E-state index contributed by atoms with van der Waals surface area (Å²) in [5.41, 5.74) is 1.86. The van der Waals surface area contributed by atoms with Crippen LogP contribution in [0.3, 0.4) is 0 Å². The Bertz CT molecular complexity index is 936. The van der Waals surface area contributed by atoms with Gasteiger partial charge in [-0.2, -0.15) is 0 Å². The highest BCUT2D eigenvalue weighted by atomic mass is 19.1. The van der Waals surface area contributed by atoms with Crippen molar-refractivity contribution in [2.45, 2.75) is 44.6 Å². The zero-order chi connectivity index (χ0) is 20.4. The third-order valence-corrected chi connectivity index (χ3v) is 5.71. The maximum atomic E-state index is 13.6. The highest BCUT2D eigenvalue weighted by molar-refractivity contribution is 5.85. The van der Waals surface area contributed by atoms with E-state index in [0.29, 0.717) is 0 Å². The zero-order valence-electron chi connectivity index (χ0n) is 16.6. The van der Waals surface area contributed by atoms with Gasteiger partial charge in [-0.15, -0.1) is 0 Å². The number of piperidine rings is 1. The van der Waals surface area contributed by atoms with Crippen LogP contribution in [0, 0.1) is 13.5 Å². The number of nitrogens with zero attached hydrogens (tertiary/aromatic N) is 4. The molecule has 1 aromatic heterocycles. The second-order valence-electron chi connectivity index (χ2n) is 7.88. The fraction of sp³-hybridized carbons (Fsp3) is 0.500. The highest BCUT2D eigenvalue weighted by Crippen LogP contribution is 2.28. The quantitative estimate of drug-likeness (QED) is 0.795. The largest absolute Gasteiger partial charge is 0.490 e. The Morgan fingerprint density at radius 3 is 2.86 bits per heavy atom. The van der Waals surface area contributed by atoms with Gasteiger partial charge in [0.25, 0.3) is 6.57 Å². The van der Waals surface area contributed by atoms with Crippen molar-refractivity contribution in [3.63, 3.8) is 0 Å². The molecule has 7 heteroatoms. The van der Waals surface area contributed by atoms with Crippen molar-refractivity contribution in [2.24, 2.45) is 0 Å². The van der Waals surface area contributed by atoms with Crippen LogP contribution in [0.15, 0.2) is 30.3 Å².